The summed E-state index contributed by atoms with van der Waals surface area (Å²) in [5.41, 5.74) is 2.47. The van der Waals surface area contributed by atoms with Crippen molar-refractivity contribution in [1.82, 2.24) is 0 Å². The molecule has 0 fully saturated rings. The molecule has 0 radical (unpaired) electrons. The SMILES string of the molecule is c1cc2c(o1)c1cocc1c1c3occc3c3occc3c21. The minimum absolute atomic E-state index is 0.812. The molecule has 2 aromatic carbocycles. The summed E-state index contributed by atoms with van der Waals surface area (Å²) >= 11 is 0. The van der Waals surface area contributed by atoms with Gasteiger partial charge in [0.05, 0.1) is 35.8 Å². The van der Waals surface area contributed by atoms with Crippen LogP contribution in [0.4, 0.5) is 0 Å². The normalized spacial score (nSPS) is 12.5. The second kappa shape index (κ2) is 3.36. The van der Waals surface area contributed by atoms with E-state index in [-0.39, 0.29) is 0 Å². The Kier molecular flexibility index (Phi) is 1.61. The molecule has 4 heterocycles. The Morgan fingerprint density at radius 2 is 1.09 bits per heavy atom. The smallest absolute Gasteiger partial charge is 0.146 e. The summed E-state index contributed by atoms with van der Waals surface area (Å²) in [6.07, 6.45) is 8.57. The molecule has 0 saturated carbocycles. The zero-order chi connectivity index (χ0) is 14.3. The summed E-state index contributed by atoms with van der Waals surface area (Å²) < 4.78 is 22.6. The number of furan rings is 4. The molecule has 6 rings (SSSR count). The van der Waals surface area contributed by atoms with Gasteiger partial charge in [-0.25, -0.2) is 0 Å². The zero-order valence-corrected chi connectivity index (χ0v) is 11.3. The Morgan fingerprint density at radius 1 is 0.500 bits per heavy atom. The van der Waals surface area contributed by atoms with E-state index in [0.717, 1.165) is 54.5 Å². The van der Waals surface area contributed by atoms with Crippen molar-refractivity contribution in [3.8, 4) is 0 Å². The van der Waals surface area contributed by atoms with Gasteiger partial charge in [-0.05, 0) is 18.2 Å². The van der Waals surface area contributed by atoms with E-state index in [0.29, 0.717) is 0 Å². The molecule has 0 unspecified atom stereocenters. The largest absolute Gasteiger partial charge is 0.471 e. The van der Waals surface area contributed by atoms with Gasteiger partial charge >= 0.3 is 0 Å². The lowest BCUT2D eigenvalue weighted by molar-refractivity contribution is 0.571. The van der Waals surface area contributed by atoms with Crippen LogP contribution >= 0.6 is 0 Å². The molecule has 0 aliphatic heterocycles. The Morgan fingerprint density at radius 3 is 1.86 bits per heavy atom. The van der Waals surface area contributed by atoms with Crippen molar-refractivity contribution in [2.24, 2.45) is 0 Å². The van der Waals surface area contributed by atoms with Crippen LogP contribution in [-0.2, 0) is 0 Å². The first-order chi connectivity index (χ1) is 10.9. The molecule has 4 aromatic heterocycles. The lowest BCUT2D eigenvalue weighted by Crippen LogP contribution is -1.80. The molecule has 0 spiro atoms. The van der Waals surface area contributed by atoms with Crippen LogP contribution in [-0.4, -0.2) is 0 Å². The van der Waals surface area contributed by atoms with Gasteiger partial charge in [-0.3, -0.25) is 0 Å². The van der Waals surface area contributed by atoms with Crippen molar-refractivity contribution in [3.63, 3.8) is 0 Å². The van der Waals surface area contributed by atoms with Crippen LogP contribution in [0.25, 0.3) is 54.5 Å². The van der Waals surface area contributed by atoms with Gasteiger partial charge in [0.15, 0.2) is 0 Å². The van der Waals surface area contributed by atoms with Crippen LogP contribution in [0.2, 0.25) is 0 Å². The Bertz CT molecular complexity index is 1120. The monoisotopic (exact) mass is 288 g/mol. The average Bonchev–Trinajstić information content (AvgIpc) is 3.28. The molecular formula is C18H8O4. The van der Waals surface area contributed by atoms with Gasteiger partial charge in [0.2, 0.25) is 0 Å². The molecule has 0 aliphatic carbocycles. The minimum Gasteiger partial charge on any atom is -0.471 e. The minimum atomic E-state index is 0.812. The van der Waals surface area contributed by atoms with Gasteiger partial charge in [-0.2, -0.15) is 0 Å². The number of benzene rings is 2. The predicted molar refractivity (Wildman–Crippen MR) is 83.0 cm³/mol. The van der Waals surface area contributed by atoms with E-state index >= 15 is 0 Å². The van der Waals surface area contributed by atoms with E-state index < -0.39 is 0 Å². The van der Waals surface area contributed by atoms with E-state index in [4.69, 9.17) is 17.7 Å². The summed E-state index contributed by atoms with van der Waals surface area (Å²) in [5.74, 6) is 0. The van der Waals surface area contributed by atoms with Crippen LogP contribution in [0.3, 0.4) is 0 Å². The Balaban J connectivity index is 2.19. The molecular weight excluding hydrogens is 280 g/mol. The summed E-state index contributed by atoms with van der Waals surface area (Å²) in [7, 11) is 0. The van der Waals surface area contributed by atoms with Gasteiger partial charge in [0.25, 0.3) is 0 Å². The molecule has 4 heteroatoms. The van der Waals surface area contributed by atoms with E-state index in [9.17, 15) is 0 Å². The third-order valence-corrected chi connectivity index (χ3v) is 4.43. The highest BCUT2D eigenvalue weighted by Gasteiger charge is 2.21. The topological polar surface area (TPSA) is 52.6 Å². The second-order valence-corrected chi connectivity index (χ2v) is 5.44. The Labute approximate surface area is 122 Å². The summed E-state index contributed by atoms with van der Waals surface area (Å²) in [5, 5.41) is 7.11. The van der Waals surface area contributed by atoms with E-state index in [1.807, 2.05) is 18.2 Å². The van der Waals surface area contributed by atoms with E-state index in [2.05, 4.69) is 0 Å². The van der Waals surface area contributed by atoms with Gasteiger partial charge in [-0.15, -0.1) is 0 Å². The maximum absolute atomic E-state index is 5.78. The highest BCUT2D eigenvalue weighted by atomic mass is 16.3. The molecule has 104 valence electrons. The molecule has 6 aromatic rings. The van der Waals surface area contributed by atoms with Gasteiger partial charge in [0, 0.05) is 26.9 Å². The average molecular weight is 288 g/mol. The van der Waals surface area contributed by atoms with Crippen molar-refractivity contribution in [1.29, 1.82) is 0 Å². The summed E-state index contributed by atoms with van der Waals surface area (Å²) in [6.45, 7) is 0. The van der Waals surface area contributed by atoms with Crippen molar-refractivity contribution >= 4 is 54.5 Å². The highest BCUT2D eigenvalue weighted by Crippen LogP contribution is 2.44. The summed E-state index contributed by atoms with van der Waals surface area (Å²) in [6, 6.07) is 5.90. The van der Waals surface area contributed by atoms with Crippen LogP contribution in [0.1, 0.15) is 0 Å². The maximum Gasteiger partial charge on any atom is 0.146 e. The summed E-state index contributed by atoms with van der Waals surface area (Å²) in [4.78, 5) is 0. The third kappa shape index (κ3) is 1.01. The first kappa shape index (κ1) is 10.6. The van der Waals surface area contributed by atoms with E-state index in [1.165, 1.54) is 0 Å². The van der Waals surface area contributed by atoms with Crippen LogP contribution in [0.5, 0.6) is 0 Å². The maximum atomic E-state index is 5.78. The molecule has 0 amide bonds. The van der Waals surface area contributed by atoms with Crippen LogP contribution in [0.15, 0.2) is 67.2 Å². The van der Waals surface area contributed by atoms with Crippen LogP contribution in [0, 0.1) is 0 Å². The molecule has 0 N–H and O–H groups in total. The van der Waals surface area contributed by atoms with E-state index in [1.54, 1.807) is 31.3 Å². The predicted octanol–water partition coefficient (Wildman–Crippen LogP) is 5.82. The van der Waals surface area contributed by atoms with Crippen LogP contribution < -0.4 is 0 Å². The number of fused-ring (bicyclic) bond motifs is 11. The zero-order valence-electron chi connectivity index (χ0n) is 11.3. The van der Waals surface area contributed by atoms with Gasteiger partial charge in [0.1, 0.15) is 23.0 Å². The standard InChI is InChI=1S/C18H8O4/c1-4-20-16-9(1)14-10-2-5-21-17(10)13-8-19-7-12(13)15(14)18-11(16)3-6-22-18/h1-8H. The Hall–Kier alpha value is -3.14. The number of hydrogen-bond acceptors (Lipinski definition) is 4. The first-order valence-electron chi connectivity index (χ1n) is 6.98. The fraction of sp³-hybridized carbons (Fsp3) is 0. The van der Waals surface area contributed by atoms with Gasteiger partial charge in [-0.1, -0.05) is 0 Å². The fourth-order valence-corrected chi connectivity index (χ4v) is 3.56. The van der Waals surface area contributed by atoms with Crippen molar-refractivity contribution < 1.29 is 17.7 Å². The molecule has 0 bridgehead atoms. The third-order valence-electron chi connectivity index (χ3n) is 4.43. The molecule has 0 atom stereocenters. The first-order valence-corrected chi connectivity index (χ1v) is 6.98. The lowest BCUT2D eigenvalue weighted by atomic mass is 9.97. The van der Waals surface area contributed by atoms with Crippen molar-refractivity contribution in [2.75, 3.05) is 0 Å². The van der Waals surface area contributed by atoms with Gasteiger partial charge < -0.3 is 17.7 Å². The quantitative estimate of drug-likeness (QED) is 0.353. The highest BCUT2D eigenvalue weighted by molar-refractivity contribution is 6.37. The number of rotatable bonds is 0. The second-order valence-electron chi connectivity index (χ2n) is 5.44. The van der Waals surface area contributed by atoms with Crippen molar-refractivity contribution in [2.45, 2.75) is 0 Å². The fourth-order valence-electron chi connectivity index (χ4n) is 3.56. The molecule has 22 heavy (non-hydrogen) atoms. The number of hydrogen-bond donors (Lipinski definition) is 0. The molecule has 4 nitrogen and oxygen atoms in total. The molecule has 0 aliphatic rings. The lowest BCUT2D eigenvalue weighted by Gasteiger charge is -2.05. The van der Waals surface area contributed by atoms with Crippen molar-refractivity contribution in [3.05, 3.63) is 49.5 Å². The molecule has 0 saturated heterocycles.